The van der Waals surface area contributed by atoms with Crippen molar-refractivity contribution in [3.8, 4) is 0 Å². The highest BCUT2D eigenvalue weighted by Crippen LogP contribution is 2.38. The molecule has 2 amide bonds. The van der Waals surface area contributed by atoms with Crippen molar-refractivity contribution in [1.29, 1.82) is 0 Å². The third-order valence-corrected chi connectivity index (χ3v) is 5.70. The lowest BCUT2D eigenvalue weighted by Gasteiger charge is -2.38. The first kappa shape index (κ1) is 19.5. The van der Waals surface area contributed by atoms with Crippen molar-refractivity contribution in [1.82, 2.24) is 15.0 Å². The van der Waals surface area contributed by atoms with E-state index in [0.717, 1.165) is 23.1 Å². The van der Waals surface area contributed by atoms with E-state index in [1.807, 2.05) is 60.5 Å². The maximum atomic E-state index is 13.1. The molecule has 150 valence electrons. The average Bonchev–Trinajstić information content (AvgIpc) is 3.07. The molecule has 4 rings (SSSR count). The van der Waals surface area contributed by atoms with Gasteiger partial charge in [0.25, 0.3) is 5.91 Å². The highest BCUT2D eigenvalue weighted by Gasteiger charge is 2.42. The number of nitrogens with zero attached hydrogens (tertiary/aromatic N) is 4. The van der Waals surface area contributed by atoms with Gasteiger partial charge in [-0.1, -0.05) is 36.4 Å². The molecule has 0 radical (unpaired) electrons. The maximum Gasteiger partial charge on any atom is 0.308 e. The molecule has 2 fully saturated rings. The first-order valence-corrected chi connectivity index (χ1v) is 10.4. The van der Waals surface area contributed by atoms with E-state index in [0.29, 0.717) is 43.5 Å². The van der Waals surface area contributed by atoms with Gasteiger partial charge >= 0.3 is 5.24 Å². The molecule has 0 spiro atoms. The van der Waals surface area contributed by atoms with E-state index in [9.17, 15) is 9.59 Å². The molecule has 0 saturated carbocycles. The zero-order chi connectivity index (χ0) is 20.2. The minimum Gasteiger partial charge on any atom is -0.492 e. The monoisotopic (exact) mass is 410 g/mol. The summed E-state index contributed by atoms with van der Waals surface area (Å²) in [5, 5.41) is 2.79. The molecule has 1 aromatic heterocycles. The number of pyridine rings is 1. The number of ether oxygens (including phenoxy) is 1. The molecule has 0 atom stereocenters. The predicted octanol–water partition coefficient (Wildman–Crippen LogP) is 3.22. The number of anilines is 1. The first-order valence-electron chi connectivity index (χ1n) is 9.58. The summed E-state index contributed by atoms with van der Waals surface area (Å²) in [6, 6.07) is 15.2. The molecule has 2 saturated heterocycles. The van der Waals surface area contributed by atoms with Crippen LogP contribution in [0.15, 0.2) is 59.6 Å². The third-order valence-electron chi connectivity index (χ3n) is 4.79. The summed E-state index contributed by atoms with van der Waals surface area (Å²) in [7, 11) is 0. The molecule has 7 nitrogen and oxygen atoms in total. The lowest BCUT2D eigenvalue weighted by atomic mass is 10.2. The molecule has 0 unspecified atom stereocenters. The normalized spacial score (nSPS) is 19.6. The van der Waals surface area contributed by atoms with Crippen LogP contribution in [0.25, 0.3) is 5.76 Å². The first-order chi connectivity index (χ1) is 14.2. The van der Waals surface area contributed by atoms with Crippen LogP contribution in [0.3, 0.4) is 0 Å². The average molecular weight is 410 g/mol. The van der Waals surface area contributed by atoms with Crippen LogP contribution in [0.1, 0.15) is 12.5 Å². The van der Waals surface area contributed by atoms with Crippen molar-refractivity contribution in [2.45, 2.75) is 6.92 Å². The minimum atomic E-state index is -0.321. The third kappa shape index (κ3) is 3.99. The Morgan fingerprint density at radius 1 is 1.03 bits per heavy atom. The van der Waals surface area contributed by atoms with E-state index >= 15 is 0 Å². The second-order valence-corrected chi connectivity index (χ2v) is 7.53. The van der Waals surface area contributed by atoms with Gasteiger partial charge in [-0.05, 0) is 30.8 Å². The Balaban J connectivity index is 1.53. The van der Waals surface area contributed by atoms with E-state index in [1.54, 1.807) is 6.20 Å². The van der Waals surface area contributed by atoms with Gasteiger partial charge in [-0.25, -0.2) is 9.99 Å². The van der Waals surface area contributed by atoms with Crippen molar-refractivity contribution >= 4 is 34.5 Å². The summed E-state index contributed by atoms with van der Waals surface area (Å²) in [4.78, 5) is 32.7. The zero-order valence-electron chi connectivity index (χ0n) is 16.2. The van der Waals surface area contributed by atoms with Crippen molar-refractivity contribution in [3.63, 3.8) is 0 Å². The summed E-state index contributed by atoms with van der Waals surface area (Å²) in [5.41, 5.74) is 0.792. The van der Waals surface area contributed by atoms with Gasteiger partial charge in [0.2, 0.25) is 0 Å². The standard InChI is InChI=1S/C21H22N4O3S/c1-2-28-18(16-8-4-3-5-9-16)19-20(26)25(21(27)29-19)24-14-12-23(13-15-24)17-10-6-7-11-22-17/h3-11H,2,12-15H2,1H3. The minimum absolute atomic E-state index is 0.288. The van der Waals surface area contributed by atoms with Gasteiger partial charge in [0.1, 0.15) is 16.5 Å². The Hall–Kier alpha value is -2.84. The van der Waals surface area contributed by atoms with Gasteiger partial charge in [-0.15, -0.1) is 0 Å². The Kier molecular flexibility index (Phi) is 5.82. The predicted molar refractivity (Wildman–Crippen MR) is 113 cm³/mol. The van der Waals surface area contributed by atoms with E-state index in [2.05, 4.69) is 9.88 Å². The van der Waals surface area contributed by atoms with Crippen LogP contribution in [-0.4, -0.2) is 58.9 Å². The van der Waals surface area contributed by atoms with E-state index < -0.39 is 0 Å². The van der Waals surface area contributed by atoms with Crippen molar-refractivity contribution in [3.05, 3.63) is 65.2 Å². The number of piperazine rings is 1. The Labute approximate surface area is 173 Å². The molecule has 3 heterocycles. The molecule has 0 bridgehead atoms. The summed E-state index contributed by atoms with van der Waals surface area (Å²) in [6.07, 6.45) is 1.77. The number of carbonyl (C=O) groups is 2. The Morgan fingerprint density at radius 2 is 1.76 bits per heavy atom. The number of hydrogen-bond acceptors (Lipinski definition) is 7. The van der Waals surface area contributed by atoms with Crippen LogP contribution < -0.4 is 4.90 Å². The van der Waals surface area contributed by atoms with Crippen molar-refractivity contribution in [2.75, 3.05) is 37.7 Å². The fourth-order valence-electron chi connectivity index (χ4n) is 3.42. The molecule has 1 aromatic carbocycles. The van der Waals surface area contributed by atoms with Gasteiger partial charge in [-0.3, -0.25) is 9.59 Å². The van der Waals surface area contributed by atoms with Crippen LogP contribution in [0.4, 0.5) is 10.6 Å². The molecule has 29 heavy (non-hydrogen) atoms. The van der Waals surface area contributed by atoms with Crippen LogP contribution in [0.5, 0.6) is 0 Å². The highest BCUT2D eigenvalue weighted by atomic mass is 32.2. The largest absolute Gasteiger partial charge is 0.492 e. The van der Waals surface area contributed by atoms with Gasteiger partial charge in [0.15, 0.2) is 0 Å². The quantitative estimate of drug-likeness (QED) is 0.554. The molecule has 2 aliphatic heterocycles. The van der Waals surface area contributed by atoms with E-state index in [1.165, 1.54) is 5.01 Å². The summed E-state index contributed by atoms with van der Waals surface area (Å²) in [6.45, 7) is 4.79. The Morgan fingerprint density at radius 3 is 2.41 bits per heavy atom. The van der Waals surface area contributed by atoms with Gasteiger partial charge in [-0.2, -0.15) is 5.01 Å². The lowest BCUT2D eigenvalue weighted by molar-refractivity contribution is -0.135. The zero-order valence-corrected chi connectivity index (χ0v) is 17.0. The highest BCUT2D eigenvalue weighted by molar-refractivity contribution is 8.18. The number of carbonyl (C=O) groups excluding carboxylic acids is 2. The number of imide groups is 1. The SMILES string of the molecule is CCOC(=C1SC(=O)N(N2CCN(c3ccccn3)CC2)C1=O)c1ccccc1. The van der Waals surface area contributed by atoms with Crippen molar-refractivity contribution < 1.29 is 14.3 Å². The van der Waals surface area contributed by atoms with Crippen LogP contribution >= 0.6 is 11.8 Å². The van der Waals surface area contributed by atoms with Crippen LogP contribution in [0, 0.1) is 0 Å². The molecule has 2 aliphatic rings. The molecule has 8 heteroatoms. The number of rotatable bonds is 5. The fourth-order valence-corrected chi connectivity index (χ4v) is 4.32. The van der Waals surface area contributed by atoms with E-state index in [-0.39, 0.29) is 11.1 Å². The molecule has 2 aromatic rings. The maximum absolute atomic E-state index is 13.1. The number of hydrogen-bond donors (Lipinski definition) is 0. The number of thioether (sulfide) groups is 1. The van der Waals surface area contributed by atoms with Crippen LogP contribution in [-0.2, 0) is 9.53 Å². The number of aromatic nitrogens is 1. The number of benzene rings is 1. The molecular formula is C21H22N4O3S. The summed E-state index contributed by atoms with van der Waals surface area (Å²) >= 11 is 0.940. The molecule has 0 aliphatic carbocycles. The molecule has 0 N–H and O–H groups in total. The topological polar surface area (TPSA) is 66.0 Å². The van der Waals surface area contributed by atoms with E-state index in [4.69, 9.17) is 4.74 Å². The lowest BCUT2D eigenvalue weighted by Crippen LogP contribution is -2.55. The smallest absolute Gasteiger partial charge is 0.308 e. The summed E-state index contributed by atoms with van der Waals surface area (Å²) in [5.74, 6) is 1.05. The number of amides is 2. The van der Waals surface area contributed by atoms with Gasteiger partial charge in [0.05, 0.1) is 6.61 Å². The van der Waals surface area contributed by atoms with Crippen molar-refractivity contribution in [2.24, 2.45) is 0 Å². The number of hydrazine groups is 1. The fraction of sp³-hybridized carbons (Fsp3) is 0.286. The van der Waals surface area contributed by atoms with Crippen LogP contribution in [0.2, 0.25) is 0 Å². The Bertz CT molecular complexity index is 912. The summed E-state index contributed by atoms with van der Waals surface area (Å²) < 4.78 is 5.77. The second-order valence-electron chi connectivity index (χ2n) is 6.57. The van der Waals surface area contributed by atoms with Gasteiger partial charge < -0.3 is 9.64 Å². The van der Waals surface area contributed by atoms with Gasteiger partial charge in [0, 0.05) is 37.9 Å². The second kappa shape index (κ2) is 8.67. The molecular weight excluding hydrogens is 388 g/mol.